The maximum Gasteiger partial charge on any atom is 0.151 e. The van der Waals surface area contributed by atoms with Crippen LogP contribution in [0.25, 0.3) is 0 Å². The van der Waals surface area contributed by atoms with E-state index >= 15 is 0 Å². The highest BCUT2D eigenvalue weighted by Gasteiger charge is 2.09. The first-order chi connectivity index (χ1) is 9.01. The van der Waals surface area contributed by atoms with E-state index in [1.807, 2.05) is 0 Å². The van der Waals surface area contributed by atoms with Crippen LogP contribution in [0.5, 0.6) is 5.75 Å². The average Bonchev–Trinajstić information content (AvgIpc) is 2.35. The van der Waals surface area contributed by atoms with Gasteiger partial charge in [0.2, 0.25) is 0 Å². The van der Waals surface area contributed by atoms with E-state index in [2.05, 4.69) is 21.2 Å². The topological polar surface area (TPSA) is 47.3 Å². The highest BCUT2D eigenvalue weighted by atomic mass is 79.9. The SMILES string of the molecule is COc1ccc(Nc2cc(F)cc(F)c2N)cc1Br. The molecular formula is C13H11BrF2N2O. The molecule has 19 heavy (non-hydrogen) atoms. The minimum absolute atomic E-state index is 0.131. The van der Waals surface area contributed by atoms with Gasteiger partial charge in [-0.15, -0.1) is 0 Å². The van der Waals surface area contributed by atoms with Gasteiger partial charge in [0, 0.05) is 11.8 Å². The molecule has 0 amide bonds. The second kappa shape index (κ2) is 5.44. The smallest absolute Gasteiger partial charge is 0.151 e. The number of hydrogen-bond acceptors (Lipinski definition) is 3. The zero-order chi connectivity index (χ0) is 14.0. The van der Waals surface area contributed by atoms with Crippen LogP contribution in [-0.2, 0) is 0 Å². The zero-order valence-electron chi connectivity index (χ0n) is 10.0. The lowest BCUT2D eigenvalue weighted by Gasteiger charge is -2.11. The Kier molecular flexibility index (Phi) is 3.90. The summed E-state index contributed by atoms with van der Waals surface area (Å²) in [7, 11) is 1.55. The summed E-state index contributed by atoms with van der Waals surface area (Å²) < 4.78 is 32.3. The summed E-state index contributed by atoms with van der Waals surface area (Å²) in [5.41, 5.74) is 6.23. The predicted molar refractivity (Wildman–Crippen MR) is 74.7 cm³/mol. The minimum atomic E-state index is -0.796. The van der Waals surface area contributed by atoms with Crippen molar-refractivity contribution >= 4 is 33.0 Å². The van der Waals surface area contributed by atoms with Crippen molar-refractivity contribution in [2.75, 3.05) is 18.2 Å². The number of ether oxygens (including phenoxy) is 1. The van der Waals surface area contributed by atoms with Gasteiger partial charge in [-0.05, 0) is 40.2 Å². The van der Waals surface area contributed by atoms with E-state index in [1.165, 1.54) is 0 Å². The number of rotatable bonds is 3. The molecule has 0 aliphatic carbocycles. The van der Waals surface area contributed by atoms with E-state index < -0.39 is 11.6 Å². The van der Waals surface area contributed by atoms with E-state index in [4.69, 9.17) is 10.5 Å². The number of anilines is 3. The number of nitrogens with one attached hydrogen (secondary N) is 1. The van der Waals surface area contributed by atoms with Gasteiger partial charge in [-0.2, -0.15) is 0 Å². The molecule has 0 aliphatic rings. The van der Waals surface area contributed by atoms with Crippen LogP contribution in [0.2, 0.25) is 0 Å². The Hall–Kier alpha value is -1.82. The van der Waals surface area contributed by atoms with Gasteiger partial charge >= 0.3 is 0 Å². The number of nitrogens with two attached hydrogens (primary N) is 1. The number of nitrogen functional groups attached to an aromatic ring is 1. The van der Waals surface area contributed by atoms with Crippen LogP contribution in [0, 0.1) is 11.6 Å². The molecule has 2 aromatic carbocycles. The van der Waals surface area contributed by atoms with Crippen LogP contribution in [0.15, 0.2) is 34.8 Å². The maximum absolute atomic E-state index is 13.3. The molecule has 0 aromatic heterocycles. The van der Waals surface area contributed by atoms with Crippen LogP contribution in [-0.4, -0.2) is 7.11 Å². The van der Waals surface area contributed by atoms with Crippen LogP contribution in [0.4, 0.5) is 25.8 Å². The molecule has 2 rings (SSSR count). The van der Waals surface area contributed by atoms with Crippen molar-refractivity contribution in [1.29, 1.82) is 0 Å². The van der Waals surface area contributed by atoms with Gasteiger partial charge in [0.1, 0.15) is 11.6 Å². The molecule has 6 heteroatoms. The van der Waals surface area contributed by atoms with Gasteiger partial charge in [0.15, 0.2) is 5.82 Å². The Labute approximate surface area is 117 Å². The second-order valence-corrected chi connectivity index (χ2v) is 4.68. The Balaban J connectivity index is 2.33. The molecule has 0 aliphatic heterocycles. The van der Waals surface area contributed by atoms with Gasteiger partial charge in [0.05, 0.1) is 23.0 Å². The van der Waals surface area contributed by atoms with Gasteiger partial charge < -0.3 is 15.8 Å². The minimum Gasteiger partial charge on any atom is -0.496 e. The summed E-state index contributed by atoms with van der Waals surface area (Å²) in [4.78, 5) is 0. The van der Waals surface area contributed by atoms with Crippen molar-refractivity contribution in [3.8, 4) is 5.75 Å². The first-order valence-electron chi connectivity index (χ1n) is 5.36. The van der Waals surface area contributed by atoms with Crippen LogP contribution < -0.4 is 15.8 Å². The first kappa shape index (κ1) is 13.6. The van der Waals surface area contributed by atoms with Crippen molar-refractivity contribution in [3.63, 3.8) is 0 Å². The van der Waals surface area contributed by atoms with Gasteiger partial charge in [0.25, 0.3) is 0 Å². The third-order valence-corrected chi connectivity index (χ3v) is 3.14. The molecule has 0 saturated carbocycles. The summed E-state index contributed by atoms with van der Waals surface area (Å²) in [6.07, 6.45) is 0. The fourth-order valence-corrected chi connectivity index (χ4v) is 2.13. The molecule has 0 radical (unpaired) electrons. The fourth-order valence-electron chi connectivity index (χ4n) is 1.59. The number of hydrogen-bond donors (Lipinski definition) is 2. The predicted octanol–water partition coefficient (Wildman–Crippen LogP) is 4.06. The van der Waals surface area contributed by atoms with Crippen molar-refractivity contribution < 1.29 is 13.5 Å². The van der Waals surface area contributed by atoms with E-state index in [-0.39, 0.29) is 11.4 Å². The van der Waals surface area contributed by atoms with Crippen LogP contribution in [0.3, 0.4) is 0 Å². The third-order valence-electron chi connectivity index (χ3n) is 2.53. The molecule has 3 N–H and O–H groups in total. The van der Waals surface area contributed by atoms with Crippen molar-refractivity contribution in [3.05, 3.63) is 46.4 Å². The molecule has 100 valence electrons. The summed E-state index contributed by atoms with van der Waals surface area (Å²) in [5, 5.41) is 2.86. The lowest BCUT2D eigenvalue weighted by Crippen LogP contribution is -2.00. The molecule has 0 bridgehead atoms. The van der Waals surface area contributed by atoms with Gasteiger partial charge in [-0.3, -0.25) is 0 Å². The molecule has 2 aromatic rings. The highest BCUT2D eigenvalue weighted by Crippen LogP contribution is 2.31. The van der Waals surface area contributed by atoms with Crippen molar-refractivity contribution in [2.24, 2.45) is 0 Å². The lowest BCUT2D eigenvalue weighted by atomic mass is 10.2. The highest BCUT2D eigenvalue weighted by molar-refractivity contribution is 9.10. The molecule has 0 spiro atoms. The van der Waals surface area contributed by atoms with Crippen LogP contribution >= 0.6 is 15.9 Å². The molecular weight excluding hydrogens is 318 g/mol. The first-order valence-corrected chi connectivity index (χ1v) is 6.15. The Bertz CT molecular complexity index is 620. The lowest BCUT2D eigenvalue weighted by molar-refractivity contribution is 0.412. The zero-order valence-corrected chi connectivity index (χ0v) is 11.6. The average molecular weight is 329 g/mol. The molecule has 0 heterocycles. The third kappa shape index (κ3) is 2.96. The quantitative estimate of drug-likeness (QED) is 0.835. The standard InChI is InChI=1S/C13H11BrF2N2O/c1-19-12-3-2-8(6-9(12)14)18-11-5-7(15)4-10(16)13(11)17/h2-6,18H,17H2,1H3. The maximum atomic E-state index is 13.3. The monoisotopic (exact) mass is 328 g/mol. The summed E-state index contributed by atoms with van der Waals surface area (Å²) in [5.74, 6) is -0.833. The Morgan fingerprint density at radius 2 is 1.95 bits per heavy atom. The normalized spacial score (nSPS) is 10.3. The molecule has 0 fully saturated rings. The Morgan fingerprint density at radius 1 is 1.21 bits per heavy atom. The van der Waals surface area contributed by atoms with E-state index in [9.17, 15) is 8.78 Å². The Morgan fingerprint density at radius 3 is 2.58 bits per heavy atom. The summed E-state index contributed by atoms with van der Waals surface area (Å²) in [6.45, 7) is 0. The molecule has 0 unspecified atom stereocenters. The van der Waals surface area contributed by atoms with E-state index in [0.29, 0.717) is 11.4 Å². The largest absolute Gasteiger partial charge is 0.496 e. The number of halogens is 3. The van der Waals surface area contributed by atoms with E-state index in [1.54, 1.807) is 25.3 Å². The van der Waals surface area contributed by atoms with Gasteiger partial charge in [-0.1, -0.05) is 0 Å². The summed E-state index contributed by atoms with van der Waals surface area (Å²) in [6, 6.07) is 7.03. The van der Waals surface area contributed by atoms with Crippen molar-refractivity contribution in [1.82, 2.24) is 0 Å². The summed E-state index contributed by atoms with van der Waals surface area (Å²) >= 11 is 3.32. The van der Waals surface area contributed by atoms with E-state index in [0.717, 1.165) is 16.6 Å². The van der Waals surface area contributed by atoms with Crippen molar-refractivity contribution in [2.45, 2.75) is 0 Å². The second-order valence-electron chi connectivity index (χ2n) is 3.82. The molecule has 3 nitrogen and oxygen atoms in total. The van der Waals surface area contributed by atoms with Gasteiger partial charge in [-0.25, -0.2) is 8.78 Å². The van der Waals surface area contributed by atoms with Crippen LogP contribution in [0.1, 0.15) is 0 Å². The number of benzene rings is 2. The fraction of sp³-hybridized carbons (Fsp3) is 0.0769. The molecule has 0 atom stereocenters. The number of methoxy groups -OCH3 is 1. The molecule has 0 saturated heterocycles.